The summed E-state index contributed by atoms with van der Waals surface area (Å²) in [7, 11) is 0. The van der Waals surface area contributed by atoms with E-state index >= 15 is 0 Å². The molecule has 0 saturated carbocycles. The van der Waals surface area contributed by atoms with Gasteiger partial charge in [0, 0.05) is 17.1 Å². The summed E-state index contributed by atoms with van der Waals surface area (Å²) >= 11 is 0. The zero-order chi connectivity index (χ0) is 11.0. The molecule has 0 fully saturated rings. The Morgan fingerprint density at radius 3 is 1.33 bits per heavy atom. The average molecular weight is 276 g/mol. The minimum atomic E-state index is -2.38. The molecule has 0 bridgehead atoms. The molecule has 0 amide bonds. The molecule has 0 heterocycles. The van der Waals surface area contributed by atoms with E-state index in [1.165, 1.54) is 0 Å². The van der Waals surface area contributed by atoms with Crippen LogP contribution in [-0.2, 0) is 17.1 Å². The van der Waals surface area contributed by atoms with Crippen molar-refractivity contribution in [3.63, 3.8) is 0 Å². The van der Waals surface area contributed by atoms with Crippen LogP contribution in [0, 0.1) is 29.1 Å². The summed E-state index contributed by atoms with van der Waals surface area (Å²) in [6.07, 6.45) is 0. The van der Waals surface area contributed by atoms with E-state index in [-0.39, 0.29) is 17.1 Å². The predicted molar refractivity (Wildman–Crippen MR) is 33.2 cm³/mol. The maximum absolute atomic E-state index is 12.6. The van der Waals surface area contributed by atoms with Gasteiger partial charge in [0.15, 0.2) is 23.3 Å². The van der Waals surface area contributed by atoms with Gasteiger partial charge in [-0.25, -0.2) is 26.7 Å². The largest absolute Gasteiger partial charge is 0.477 e. The van der Waals surface area contributed by atoms with Gasteiger partial charge < -0.3 is 5.11 Å². The van der Waals surface area contributed by atoms with Crippen LogP contribution >= 0.6 is 0 Å². The number of aromatic carboxylic acids is 1. The number of carboxylic acid groups (broad SMARTS) is 1. The van der Waals surface area contributed by atoms with Gasteiger partial charge >= 0.3 is 5.97 Å². The van der Waals surface area contributed by atoms with Gasteiger partial charge in [-0.05, 0) is 0 Å². The monoisotopic (exact) mass is 275 g/mol. The molecular formula is C7HCuF5O2. The van der Waals surface area contributed by atoms with Crippen LogP contribution in [0.1, 0.15) is 10.4 Å². The summed E-state index contributed by atoms with van der Waals surface area (Å²) in [6, 6.07) is 0. The van der Waals surface area contributed by atoms with E-state index < -0.39 is 40.6 Å². The van der Waals surface area contributed by atoms with Crippen LogP contribution in [0.4, 0.5) is 22.0 Å². The number of rotatable bonds is 1. The maximum atomic E-state index is 12.6. The molecule has 0 saturated heterocycles. The fraction of sp³-hybridized carbons (Fsp3) is 0. The summed E-state index contributed by atoms with van der Waals surface area (Å²) in [6.45, 7) is 0. The minimum absolute atomic E-state index is 0. The Morgan fingerprint density at radius 1 is 0.800 bits per heavy atom. The predicted octanol–water partition coefficient (Wildman–Crippen LogP) is 2.08. The first-order valence-corrected chi connectivity index (χ1v) is 3.12. The number of carbonyl (C=O) groups is 1. The van der Waals surface area contributed by atoms with Crippen LogP contribution in [0.25, 0.3) is 0 Å². The van der Waals surface area contributed by atoms with E-state index in [0.717, 1.165) is 0 Å². The standard InChI is InChI=1S/C7HF5O2.Cu/c8-2-1(7(13)14)3(9)5(11)6(12)4(2)10;/h(H,13,14);. The molecule has 1 radical (unpaired) electrons. The van der Waals surface area contributed by atoms with Crippen LogP contribution in [0.15, 0.2) is 0 Å². The number of hydrogen-bond acceptors (Lipinski definition) is 1. The first-order chi connectivity index (χ1) is 6.37. The van der Waals surface area contributed by atoms with Crippen molar-refractivity contribution in [3.8, 4) is 0 Å². The van der Waals surface area contributed by atoms with Gasteiger partial charge in [0.25, 0.3) is 0 Å². The van der Waals surface area contributed by atoms with E-state index in [0.29, 0.717) is 0 Å². The number of benzene rings is 1. The summed E-state index contributed by atoms with van der Waals surface area (Å²) in [5, 5.41) is 8.15. The first kappa shape index (κ1) is 13.9. The SMILES string of the molecule is O=C(O)c1c(F)c(F)c(F)c(F)c1F.[Cu]. The van der Waals surface area contributed by atoms with E-state index in [4.69, 9.17) is 5.11 Å². The molecule has 0 unspecified atom stereocenters. The number of carboxylic acids is 1. The fourth-order valence-electron chi connectivity index (χ4n) is 0.793. The third-order valence-electron chi connectivity index (χ3n) is 1.42. The van der Waals surface area contributed by atoms with Crippen LogP contribution in [0.2, 0.25) is 0 Å². The quantitative estimate of drug-likeness (QED) is 0.369. The number of hydrogen-bond donors (Lipinski definition) is 1. The van der Waals surface area contributed by atoms with Gasteiger partial charge in [-0.1, -0.05) is 0 Å². The van der Waals surface area contributed by atoms with Crippen molar-refractivity contribution in [2.24, 2.45) is 0 Å². The molecule has 1 aromatic rings. The van der Waals surface area contributed by atoms with Crippen LogP contribution in [0.3, 0.4) is 0 Å². The Bertz CT molecular complexity index is 391. The van der Waals surface area contributed by atoms with Crippen molar-refractivity contribution in [2.75, 3.05) is 0 Å². The van der Waals surface area contributed by atoms with Crippen LogP contribution in [-0.4, -0.2) is 11.1 Å². The molecule has 1 aromatic carbocycles. The molecule has 0 aromatic heterocycles. The molecule has 87 valence electrons. The summed E-state index contributed by atoms with van der Waals surface area (Å²) < 4.78 is 62.1. The van der Waals surface area contributed by atoms with Gasteiger partial charge in [-0.3, -0.25) is 0 Å². The van der Waals surface area contributed by atoms with Crippen molar-refractivity contribution in [3.05, 3.63) is 34.6 Å². The van der Waals surface area contributed by atoms with Crippen molar-refractivity contribution < 1.29 is 48.9 Å². The van der Waals surface area contributed by atoms with Gasteiger partial charge in [-0.15, -0.1) is 0 Å². The van der Waals surface area contributed by atoms with Crippen LogP contribution < -0.4 is 0 Å². The second kappa shape index (κ2) is 4.59. The third kappa shape index (κ3) is 2.10. The Morgan fingerprint density at radius 2 is 1.07 bits per heavy atom. The summed E-state index contributed by atoms with van der Waals surface area (Å²) in [5.74, 6) is -13.9. The maximum Gasteiger partial charge on any atom is 0.341 e. The van der Waals surface area contributed by atoms with E-state index in [9.17, 15) is 26.7 Å². The second-order valence-electron chi connectivity index (χ2n) is 2.25. The Hall–Kier alpha value is -1.14. The van der Waals surface area contributed by atoms with Crippen molar-refractivity contribution >= 4 is 5.97 Å². The molecule has 0 spiro atoms. The Balaban J connectivity index is 0.00000196. The van der Waals surface area contributed by atoms with Gasteiger partial charge in [-0.2, -0.15) is 0 Å². The Kier molecular flexibility index (Phi) is 4.24. The van der Waals surface area contributed by atoms with Gasteiger partial charge in [0.2, 0.25) is 5.82 Å². The molecule has 1 rings (SSSR count). The van der Waals surface area contributed by atoms with Gasteiger partial charge in [0.1, 0.15) is 5.56 Å². The van der Waals surface area contributed by atoms with Crippen LogP contribution in [0.5, 0.6) is 0 Å². The Labute approximate surface area is 90.2 Å². The average Bonchev–Trinajstić information content (AvgIpc) is 2.11. The van der Waals surface area contributed by atoms with Crippen molar-refractivity contribution in [1.29, 1.82) is 0 Å². The van der Waals surface area contributed by atoms with E-state index in [1.807, 2.05) is 0 Å². The molecule has 15 heavy (non-hydrogen) atoms. The smallest absolute Gasteiger partial charge is 0.341 e. The first-order valence-electron chi connectivity index (χ1n) is 3.12. The van der Waals surface area contributed by atoms with Gasteiger partial charge in [0.05, 0.1) is 0 Å². The summed E-state index contributed by atoms with van der Waals surface area (Å²) in [4.78, 5) is 10.1. The fourth-order valence-corrected chi connectivity index (χ4v) is 0.793. The molecule has 0 atom stereocenters. The second-order valence-corrected chi connectivity index (χ2v) is 2.25. The molecule has 1 N–H and O–H groups in total. The van der Waals surface area contributed by atoms with Crippen molar-refractivity contribution in [1.82, 2.24) is 0 Å². The number of halogens is 5. The molecule has 8 heteroatoms. The minimum Gasteiger partial charge on any atom is -0.477 e. The molecule has 0 aliphatic rings. The van der Waals surface area contributed by atoms with E-state index in [1.54, 1.807) is 0 Å². The van der Waals surface area contributed by atoms with E-state index in [2.05, 4.69) is 0 Å². The topological polar surface area (TPSA) is 37.3 Å². The molecule has 0 aliphatic carbocycles. The molecular weight excluding hydrogens is 275 g/mol. The summed E-state index contributed by atoms with van der Waals surface area (Å²) in [5.41, 5.74) is -1.86. The molecule has 0 aliphatic heterocycles. The third-order valence-corrected chi connectivity index (χ3v) is 1.42. The normalized spacial score (nSPS) is 9.67. The zero-order valence-electron chi connectivity index (χ0n) is 6.55. The van der Waals surface area contributed by atoms with Crippen molar-refractivity contribution in [2.45, 2.75) is 0 Å². The zero-order valence-corrected chi connectivity index (χ0v) is 7.49. The molecule has 2 nitrogen and oxygen atoms in total.